The summed E-state index contributed by atoms with van der Waals surface area (Å²) in [7, 11) is 0. The third-order valence-corrected chi connectivity index (χ3v) is 3.59. The maximum atomic E-state index is 13.9. The predicted molar refractivity (Wildman–Crippen MR) is 69.8 cm³/mol. The van der Waals surface area contributed by atoms with E-state index in [1.165, 1.54) is 0 Å². The van der Waals surface area contributed by atoms with E-state index in [0.29, 0.717) is 4.88 Å². The maximum absolute atomic E-state index is 13.9. The summed E-state index contributed by atoms with van der Waals surface area (Å²) in [4.78, 5) is 8.03. The van der Waals surface area contributed by atoms with Crippen LogP contribution in [0, 0.1) is 17.0 Å². The van der Waals surface area contributed by atoms with Crippen LogP contribution in [0.5, 0.6) is 0 Å². The van der Waals surface area contributed by atoms with E-state index in [4.69, 9.17) is 16.9 Å². The minimum atomic E-state index is -0.698. The second-order valence-corrected chi connectivity index (χ2v) is 4.89. The van der Waals surface area contributed by atoms with E-state index >= 15 is 0 Å². The van der Waals surface area contributed by atoms with Crippen molar-refractivity contribution in [3.63, 3.8) is 0 Å². The quantitative estimate of drug-likeness (QED) is 0.741. The number of halogens is 2. The van der Waals surface area contributed by atoms with Crippen LogP contribution < -0.4 is 11.5 Å². The van der Waals surface area contributed by atoms with Crippen LogP contribution in [-0.2, 0) is 0 Å². The molecule has 0 amide bonds. The van der Waals surface area contributed by atoms with Gasteiger partial charge >= 0.3 is 0 Å². The van der Waals surface area contributed by atoms with Crippen LogP contribution >= 0.6 is 11.3 Å². The Hall–Kier alpha value is -2.35. The van der Waals surface area contributed by atoms with E-state index < -0.39 is 11.6 Å². The topological polar surface area (TPSA) is 101 Å². The van der Waals surface area contributed by atoms with Gasteiger partial charge in [0.1, 0.15) is 17.5 Å². The number of fused-ring (bicyclic) bond motifs is 1. The summed E-state index contributed by atoms with van der Waals surface area (Å²) < 4.78 is 27.6. The lowest BCUT2D eigenvalue weighted by molar-refractivity contribution is 0.597. The Morgan fingerprint density at radius 1 is 1.11 bits per heavy atom. The number of rotatable bonds is 1. The molecule has 0 saturated carbocycles. The van der Waals surface area contributed by atoms with Crippen molar-refractivity contribution < 1.29 is 8.78 Å². The number of aliphatic imine (C=N–C) groups is 1. The molecule has 1 aromatic heterocycles. The molecule has 0 atom stereocenters. The second kappa shape index (κ2) is 3.82. The Balaban J connectivity index is 2.29. The number of nitrogens with zero attached hydrogens (tertiary/aromatic N) is 2. The Bertz CT molecular complexity index is 750. The summed E-state index contributed by atoms with van der Waals surface area (Å²) in [5.41, 5.74) is 11.1. The summed E-state index contributed by atoms with van der Waals surface area (Å²) in [6.45, 7) is 0. The molecule has 0 spiro atoms. The Kier molecular flexibility index (Phi) is 2.36. The van der Waals surface area contributed by atoms with Gasteiger partial charge in [0.25, 0.3) is 0 Å². The standard InChI is InChI=1S/C11H7F2N5S/c12-3-1-2-4(13)6-5(3)7(17-9(6)14)8-10(15)18-11(16)19-8/h1-2,14H,15H2,(H2,16,18). The fourth-order valence-corrected chi connectivity index (χ4v) is 2.67. The number of thiazole rings is 1. The van der Waals surface area contributed by atoms with Gasteiger partial charge in [0, 0.05) is 0 Å². The molecule has 0 radical (unpaired) electrons. The lowest BCUT2D eigenvalue weighted by Gasteiger charge is -2.04. The lowest BCUT2D eigenvalue weighted by Crippen LogP contribution is -2.06. The number of hydrogen-bond acceptors (Lipinski definition) is 5. The molecule has 0 saturated heterocycles. The summed E-state index contributed by atoms with van der Waals surface area (Å²) in [6.07, 6.45) is 0. The third-order valence-electron chi connectivity index (χ3n) is 2.69. The van der Waals surface area contributed by atoms with Gasteiger partial charge in [-0.05, 0) is 12.1 Å². The lowest BCUT2D eigenvalue weighted by atomic mass is 10.0. The summed E-state index contributed by atoms with van der Waals surface area (Å²) >= 11 is 1.02. The van der Waals surface area contributed by atoms with Crippen LogP contribution in [0.3, 0.4) is 0 Å². The fourth-order valence-electron chi connectivity index (χ4n) is 1.92. The molecule has 19 heavy (non-hydrogen) atoms. The summed E-state index contributed by atoms with van der Waals surface area (Å²) in [5.74, 6) is -1.61. The number of nitrogens with one attached hydrogen (secondary N) is 1. The molecule has 0 bridgehead atoms. The van der Waals surface area contributed by atoms with E-state index in [2.05, 4.69) is 9.98 Å². The molecule has 3 rings (SSSR count). The highest BCUT2D eigenvalue weighted by molar-refractivity contribution is 7.18. The first kappa shape index (κ1) is 11.7. The van der Waals surface area contributed by atoms with Gasteiger partial charge in [-0.1, -0.05) is 11.3 Å². The number of benzene rings is 1. The van der Waals surface area contributed by atoms with Crippen LogP contribution in [0.15, 0.2) is 17.1 Å². The highest BCUT2D eigenvalue weighted by Crippen LogP contribution is 2.33. The molecule has 1 aliphatic rings. The van der Waals surface area contributed by atoms with Crippen molar-refractivity contribution >= 4 is 33.8 Å². The molecule has 0 aliphatic carbocycles. The van der Waals surface area contributed by atoms with Crippen molar-refractivity contribution in [3.05, 3.63) is 39.8 Å². The van der Waals surface area contributed by atoms with E-state index in [1.54, 1.807) is 0 Å². The van der Waals surface area contributed by atoms with E-state index in [9.17, 15) is 8.78 Å². The molecular weight excluding hydrogens is 272 g/mol. The van der Waals surface area contributed by atoms with Gasteiger partial charge in [0.05, 0.1) is 21.7 Å². The van der Waals surface area contributed by atoms with Crippen LogP contribution in [0.1, 0.15) is 16.0 Å². The zero-order valence-corrected chi connectivity index (χ0v) is 10.2. The number of aromatic nitrogens is 1. The number of anilines is 2. The predicted octanol–water partition coefficient (Wildman–Crippen LogP) is 1.76. The van der Waals surface area contributed by atoms with E-state index in [1.807, 2.05) is 0 Å². The monoisotopic (exact) mass is 279 g/mol. The Labute approximate surface area is 110 Å². The molecule has 2 heterocycles. The van der Waals surface area contributed by atoms with Crippen molar-refractivity contribution in [3.8, 4) is 0 Å². The van der Waals surface area contributed by atoms with Crippen molar-refractivity contribution in [2.45, 2.75) is 0 Å². The second-order valence-electron chi connectivity index (χ2n) is 3.85. The largest absolute Gasteiger partial charge is 0.382 e. The molecule has 96 valence electrons. The Morgan fingerprint density at radius 2 is 1.74 bits per heavy atom. The van der Waals surface area contributed by atoms with Gasteiger partial charge in [-0.15, -0.1) is 0 Å². The molecule has 2 aromatic rings. The molecule has 5 nitrogen and oxygen atoms in total. The summed E-state index contributed by atoms with van der Waals surface area (Å²) in [6, 6.07) is 1.95. The van der Waals surface area contributed by atoms with Gasteiger partial charge in [0.2, 0.25) is 0 Å². The van der Waals surface area contributed by atoms with Crippen LogP contribution in [-0.4, -0.2) is 16.5 Å². The normalized spacial score (nSPS) is 13.6. The molecule has 0 unspecified atom stereocenters. The highest BCUT2D eigenvalue weighted by atomic mass is 32.1. The van der Waals surface area contributed by atoms with Crippen LogP contribution in [0.25, 0.3) is 0 Å². The van der Waals surface area contributed by atoms with Gasteiger partial charge < -0.3 is 11.5 Å². The van der Waals surface area contributed by atoms with E-state index in [-0.39, 0.29) is 33.6 Å². The molecule has 5 N–H and O–H groups in total. The molecule has 8 heteroatoms. The van der Waals surface area contributed by atoms with E-state index in [0.717, 1.165) is 23.5 Å². The van der Waals surface area contributed by atoms with Crippen molar-refractivity contribution in [1.29, 1.82) is 5.41 Å². The number of nitrogens with two attached hydrogens (primary N) is 2. The molecule has 1 aliphatic heterocycles. The fraction of sp³-hybridized carbons (Fsp3) is 0. The maximum Gasteiger partial charge on any atom is 0.182 e. The average molecular weight is 279 g/mol. The van der Waals surface area contributed by atoms with Crippen molar-refractivity contribution in [1.82, 2.24) is 4.98 Å². The number of amidine groups is 1. The number of hydrogen-bond donors (Lipinski definition) is 3. The minimum absolute atomic E-state index is 0.0691. The number of nitrogen functional groups attached to an aromatic ring is 2. The molecule has 0 fully saturated rings. The third kappa shape index (κ3) is 1.60. The first-order chi connectivity index (χ1) is 8.99. The van der Waals surface area contributed by atoms with Gasteiger partial charge in [-0.3, -0.25) is 5.41 Å². The zero-order valence-electron chi connectivity index (χ0n) is 9.37. The van der Waals surface area contributed by atoms with Crippen molar-refractivity contribution in [2.75, 3.05) is 11.5 Å². The zero-order chi connectivity index (χ0) is 13.7. The van der Waals surface area contributed by atoms with Gasteiger partial charge in [-0.2, -0.15) is 0 Å². The smallest absolute Gasteiger partial charge is 0.182 e. The van der Waals surface area contributed by atoms with Crippen LogP contribution in [0.4, 0.5) is 19.7 Å². The molecule has 1 aromatic carbocycles. The highest BCUT2D eigenvalue weighted by Gasteiger charge is 2.31. The first-order valence-corrected chi connectivity index (χ1v) is 5.99. The van der Waals surface area contributed by atoms with Crippen molar-refractivity contribution in [2.24, 2.45) is 4.99 Å². The summed E-state index contributed by atoms with van der Waals surface area (Å²) in [5, 5.41) is 7.84. The van der Waals surface area contributed by atoms with Gasteiger partial charge in [-0.25, -0.2) is 18.8 Å². The van der Waals surface area contributed by atoms with Gasteiger partial charge in [0.15, 0.2) is 11.0 Å². The molecular formula is C11H7F2N5S. The minimum Gasteiger partial charge on any atom is -0.382 e. The van der Waals surface area contributed by atoms with Crippen LogP contribution in [0.2, 0.25) is 0 Å². The Morgan fingerprint density at radius 3 is 2.32 bits per heavy atom. The average Bonchev–Trinajstić information content (AvgIpc) is 2.85. The first-order valence-electron chi connectivity index (χ1n) is 5.17. The SMILES string of the molecule is N=C1N=C(c2sc(N)nc2N)c2c(F)ccc(F)c21.